The molecule has 2 aliphatic heterocycles. The van der Waals surface area contributed by atoms with Crippen LogP contribution in [0.1, 0.15) is 19.3 Å². The molecule has 0 unspecified atom stereocenters. The highest BCUT2D eigenvalue weighted by Crippen LogP contribution is 2.38. The summed E-state index contributed by atoms with van der Waals surface area (Å²) in [5.74, 6) is 1.74. The van der Waals surface area contributed by atoms with Crippen molar-refractivity contribution in [1.29, 1.82) is 0 Å². The molecule has 0 bridgehead atoms. The second-order valence-corrected chi connectivity index (χ2v) is 6.50. The van der Waals surface area contributed by atoms with Crippen LogP contribution in [0.25, 0.3) is 0 Å². The van der Waals surface area contributed by atoms with Gasteiger partial charge in [0, 0.05) is 31.5 Å². The normalized spacial score (nSPS) is 19.3. The molecule has 1 amide bonds. The summed E-state index contributed by atoms with van der Waals surface area (Å²) in [5, 5.41) is 6.20. The van der Waals surface area contributed by atoms with E-state index in [4.69, 9.17) is 0 Å². The molecule has 0 radical (unpaired) electrons. The van der Waals surface area contributed by atoms with E-state index < -0.39 is 0 Å². The largest absolute Gasteiger partial charge is 0.356 e. The minimum Gasteiger partial charge on any atom is -0.356 e. The molecule has 2 aliphatic rings. The van der Waals surface area contributed by atoms with Gasteiger partial charge in [0.2, 0.25) is 11.9 Å². The zero-order valence-corrected chi connectivity index (χ0v) is 13.5. The third-order valence-corrected chi connectivity index (χ3v) is 5.09. The number of benzene rings is 1. The van der Waals surface area contributed by atoms with Gasteiger partial charge in [0.05, 0.1) is 5.41 Å². The summed E-state index contributed by atoms with van der Waals surface area (Å²) >= 11 is 0. The van der Waals surface area contributed by atoms with E-state index in [0.29, 0.717) is 5.95 Å². The summed E-state index contributed by atoms with van der Waals surface area (Å²) in [7, 11) is 0. The number of nitrogens with one attached hydrogen (secondary N) is 2. The Balaban J connectivity index is 1.46. The Morgan fingerprint density at radius 2 is 1.88 bits per heavy atom. The number of aromatic nitrogens is 2. The molecule has 1 aromatic heterocycles. The number of carbonyl (C=O) groups excluding carboxylic acids is 1. The van der Waals surface area contributed by atoms with Crippen LogP contribution in [0.5, 0.6) is 0 Å². The van der Waals surface area contributed by atoms with E-state index in [1.54, 1.807) is 6.20 Å². The van der Waals surface area contributed by atoms with Crippen LogP contribution in [0.4, 0.5) is 17.5 Å². The standard InChI is InChI=1S/C18H21N5O/c24-16-18(7-11-19-16)8-12-23(13-9-18)15-6-10-20-17(22-15)21-14-4-2-1-3-5-14/h1-6,10H,7-9,11-13H2,(H,19,24)(H,20,21,22). The first-order valence-corrected chi connectivity index (χ1v) is 8.44. The lowest BCUT2D eigenvalue weighted by molar-refractivity contribution is -0.128. The predicted octanol–water partition coefficient (Wildman–Crippen LogP) is 2.33. The molecule has 1 aromatic carbocycles. The van der Waals surface area contributed by atoms with Crippen LogP contribution in [0, 0.1) is 5.41 Å². The maximum absolute atomic E-state index is 12.1. The smallest absolute Gasteiger partial charge is 0.229 e. The molecule has 6 heteroatoms. The van der Waals surface area contributed by atoms with Crippen molar-refractivity contribution in [2.75, 3.05) is 29.9 Å². The van der Waals surface area contributed by atoms with Gasteiger partial charge < -0.3 is 15.5 Å². The Kier molecular flexibility index (Phi) is 3.80. The molecule has 0 saturated carbocycles. The van der Waals surface area contributed by atoms with Crippen molar-refractivity contribution < 1.29 is 4.79 Å². The number of piperidine rings is 1. The minimum absolute atomic E-state index is 0.144. The highest BCUT2D eigenvalue weighted by Gasteiger charge is 2.44. The minimum atomic E-state index is -0.144. The van der Waals surface area contributed by atoms with Crippen LogP contribution >= 0.6 is 0 Å². The fraction of sp³-hybridized carbons (Fsp3) is 0.389. The zero-order chi connectivity index (χ0) is 16.4. The number of hydrogen-bond donors (Lipinski definition) is 2. The molecule has 2 N–H and O–H groups in total. The Hall–Kier alpha value is -2.63. The van der Waals surface area contributed by atoms with E-state index in [9.17, 15) is 4.79 Å². The fourth-order valence-corrected chi connectivity index (χ4v) is 3.59. The van der Waals surface area contributed by atoms with Crippen LogP contribution < -0.4 is 15.5 Å². The lowest BCUT2D eigenvalue weighted by Crippen LogP contribution is -2.44. The second kappa shape index (κ2) is 6.11. The zero-order valence-electron chi connectivity index (χ0n) is 13.5. The molecule has 0 atom stereocenters. The number of rotatable bonds is 3. The number of para-hydroxylation sites is 1. The Morgan fingerprint density at radius 1 is 1.08 bits per heavy atom. The number of nitrogens with zero attached hydrogens (tertiary/aromatic N) is 3. The van der Waals surface area contributed by atoms with E-state index in [0.717, 1.165) is 50.4 Å². The molecule has 2 saturated heterocycles. The fourth-order valence-electron chi connectivity index (χ4n) is 3.59. The number of anilines is 3. The molecular weight excluding hydrogens is 302 g/mol. The molecule has 3 heterocycles. The third-order valence-electron chi connectivity index (χ3n) is 5.09. The Bertz CT molecular complexity index is 725. The van der Waals surface area contributed by atoms with Crippen molar-refractivity contribution >= 4 is 23.4 Å². The Labute approximate surface area is 141 Å². The third kappa shape index (κ3) is 2.79. The van der Waals surface area contributed by atoms with Crippen LogP contribution in [-0.2, 0) is 4.79 Å². The molecule has 24 heavy (non-hydrogen) atoms. The molecule has 124 valence electrons. The topological polar surface area (TPSA) is 70.2 Å². The summed E-state index contributed by atoms with van der Waals surface area (Å²) < 4.78 is 0. The van der Waals surface area contributed by atoms with Crippen LogP contribution in [-0.4, -0.2) is 35.5 Å². The van der Waals surface area contributed by atoms with Gasteiger partial charge in [0.25, 0.3) is 0 Å². The summed E-state index contributed by atoms with van der Waals surface area (Å²) in [6.07, 6.45) is 4.53. The summed E-state index contributed by atoms with van der Waals surface area (Å²) in [5.41, 5.74) is 0.823. The van der Waals surface area contributed by atoms with Gasteiger partial charge in [-0.3, -0.25) is 4.79 Å². The van der Waals surface area contributed by atoms with Gasteiger partial charge in [0.15, 0.2) is 0 Å². The quantitative estimate of drug-likeness (QED) is 0.907. The van der Waals surface area contributed by atoms with Gasteiger partial charge in [-0.25, -0.2) is 4.98 Å². The average Bonchev–Trinajstić information content (AvgIpc) is 2.97. The first-order valence-electron chi connectivity index (χ1n) is 8.44. The van der Waals surface area contributed by atoms with E-state index in [1.165, 1.54) is 0 Å². The second-order valence-electron chi connectivity index (χ2n) is 6.50. The molecule has 6 nitrogen and oxygen atoms in total. The van der Waals surface area contributed by atoms with Crippen molar-refractivity contribution in [3.63, 3.8) is 0 Å². The van der Waals surface area contributed by atoms with E-state index in [1.807, 2.05) is 36.4 Å². The van der Waals surface area contributed by atoms with Gasteiger partial charge in [-0.15, -0.1) is 0 Å². The van der Waals surface area contributed by atoms with Crippen molar-refractivity contribution in [2.45, 2.75) is 19.3 Å². The number of carbonyl (C=O) groups is 1. The van der Waals surface area contributed by atoms with Crippen molar-refractivity contribution in [1.82, 2.24) is 15.3 Å². The number of hydrogen-bond acceptors (Lipinski definition) is 5. The van der Waals surface area contributed by atoms with Crippen LogP contribution in [0.3, 0.4) is 0 Å². The first kappa shape index (κ1) is 14.9. The lowest BCUT2D eigenvalue weighted by Gasteiger charge is -2.37. The highest BCUT2D eigenvalue weighted by molar-refractivity contribution is 5.85. The van der Waals surface area contributed by atoms with Gasteiger partial charge in [-0.1, -0.05) is 18.2 Å². The average molecular weight is 323 g/mol. The molecule has 2 fully saturated rings. The molecule has 4 rings (SSSR count). The summed E-state index contributed by atoms with van der Waals surface area (Å²) in [6, 6.07) is 11.8. The summed E-state index contributed by atoms with van der Waals surface area (Å²) in [4.78, 5) is 23.3. The first-order chi connectivity index (χ1) is 11.8. The van der Waals surface area contributed by atoms with Gasteiger partial charge >= 0.3 is 0 Å². The molecular formula is C18H21N5O. The maximum Gasteiger partial charge on any atom is 0.229 e. The van der Waals surface area contributed by atoms with Gasteiger partial charge in [-0.2, -0.15) is 4.98 Å². The molecule has 1 spiro atoms. The van der Waals surface area contributed by atoms with Crippen LogP contribution in [0.15, 0.2) is 42.6 Å². The lowest BCUT2D eigenvalue weighted by atomic mass is 9.77. The summed E-state index contributed by atoms with van der Waals surface area (Å²) in [6.45, 7) is 2.53. The van der Waals surface area contributed by atoms with Gasteiger partial charge in [0.1, 0.15) is 5.82 Å². The highest BCUT2D eigenvalue weighted by atomic mass is 16.2. The predicted molar refractivity (Wildman–Crippen MR) is 93.3 cm³/mol. The Morgan fingerprint density at radius 3 is 2.58 bits per heavy atom. The van der Waals surface area contributed by atoms with Crippen LogP contribution in [0.2, 0.25) is 0 Å². The van der Waals surface area contributed by atoms with Crippen molar-refractivity contribution in [3.8, 4) is 0 Å². The van der Waals surface area contributed by atoms with Crippen molar-refractivity contribution in [2.24, 2.45) is 5.41 Å². The van der Waals surface area contributed by atoms with Crippen molar-refractivity contribution in [3.05, 3.63) is 42.6 Å². The molecule has 0 aliphatic carbocycles. The maximum atomic E-state index is 12.1. The van der Waals surface area contributed by atoms with E-state index in [2.05, 4.69) is 25.5 Å². The SMILES string of the molecule is O=C1NCCC12CCN(c1ccnc(Nc3ccccc3)n1)CC2. The number of amides is 1. The monoisotopic (exact) mass is 323 g/mol. The molecule has 2 aromatic rings. The van der Waals surface area contributed by atoms with E-state index >= 15 is 0 Å². The van der Waals surface area contributed by atoms with E-state index in [-0.39, 0.29) is 11.3 Å². The van der Waals surface area contributed by atoms with Gasteiger partial charge in [-0.05, 0) is 37.5 Å².